The van der Waals surface area contributed by atoms with Crippen molar-refractivity contribution in [2.45, 2.75) is 0 Å². The fourth-order valence-electron chi connectivity index (χ4n) is 1.76. The van der Waals surface area contributed by atoms with E-state index in [9.17, 15) is 4.79 Å². The molecule has 0 saturated carbocycles. The molecule has 0 radical (unpaired) electrons. The highest BCUT2D eigenvalue weighted by molar-refractivity contribution is 9.10. The van der Waals surface area contributed by atoms with Crippen molar-refractivity contribution in [3.63, 3.8) is 0 Å². The number of rotatable bonds is 4. The zero-order chi connectivity index (χ0) is 13.0. The van der Waals surface area contributed by atoms with Crippen molar-refractivity contribution in [2.24, 2.45) is 0 Å². The second-order valence-corrected chi connectivity index (χ2v) is 4.95. The van der Waals surface area contributed by atoms with Crippen LogP contribution in [0, 0.1) is 0 Å². The number of hydrogen-bond donors (Lipinski definition) is 0. The largest absolute Gasteiger partial charge is 0.367 e. The number of likely N-dealkylation sites (N-methyl/N-ethyl adjacent to an activating group) is 1. The third kappa shape index (κ3) is 2.99. The summed E-state index contributed by atoms with van der Waals surface area (Å²) >= 11 is 3.40. The van der Waals surface area contributed by atoms with Crippen molar-refractivity contribution in [1.29, 1.82) is 0 Å². The van der Waals surface area contributed by atoms with Gasteiger partial charge in [0.15, 0.2) is 5.78 Å². The Labute approximate surface area is 115 Å². The highest BCUT2D eigenvalue weighted by atomic mass is 79.9. The van der Waals surface area contributed by atoms with E-state index < -0.39 is 0 Å². The van der Waals surface area contributed by atoms with Crippen LogP contribution >= 0.6 is 15.9 Å². The molecule has 3 heteroatoms. The van der Waals surface area contributed by atoms with Gasteiger partial charge < -0.3 is 4.90 Å². The quantitative estimate of drug-likeness (QED) is 0.801. The standard InChI is InChI=1S/C15H14BrNO/c1-17(12-7-3-2-4-8-12)11-15(18)13-9-5-6-10-14(13)16/h2-10H,11H2,1H3. The van der Waals surface area contributed by atoms with Crippen LogP contribution in [-0.2, 0) is 0 Å². The molecule has 0 heterocycles. The molecule has 2 nitrogen and oxygen atoms in total. The Bertz CT molecular complexity index is 539. The van der Waals surface area contributed by atoms with Crippen LogP contribution in [0.25, 0.3) is 0 Å². The molecule has 92 valence electrons. The van der Waals surface area contributed by atoms with Crippen LogP contribution in [0.5, 0.6) is 0 Å². The minimum atomic E-state index is 0.105. The number of hydrogen-bond acceptors (Lipinski definition) is 2. The molecule has 0 aliphatic rings. The smallest absolute Gasteiger partial charge is 0.183 e. The number of benzene rings is 2. The number of Topliss-reactive ketones (excluding diaryl/α,β-unsaturated/α-hetero) is 1. The Morgan fingerprint density at radius 2 is 1.67 bits per heavy atom. The summed E-state index contributed by atoms with van der Waals surface area (Å²) in [7, 11) is 1.92. The molecule has 0 unspecified atom stereocenters. The van der Waals surface area contributed by atoms with Crippen LogP contribution in [0.15, 0.2) is 59.1 Å². The summed E-state index contributed by atoms with van der Waals surface area (Å²) < 4.78 is 0.844. The van der Waals surface area contributed by atoms with E-state index in [4.69, 9.17) is 0 Å². The van der Waals surface area contributed by atoms with E-state index in [0.29, 0.717) is 6.54 Å². The molecular weight excluding hydrogens is 290 g/mol. The summed E-state index contributed by atoms with van der Waals surface area (Å²) in [5.41, 5.74) is 1.76. The first-order valence-electron chi connectivity index (χ1n) is 5.72. The highest BCUT2D eigenvalue weighted by Crippen LogP contribution is 2.18. The number of nitrogens with zero attached hydrogens (tertiary/aromatic N) is 1. The van der Waals surface area contributed by atoms with Gasteiger partial charge in [0.25, 0.3) is 0 Å². The Hall–Kier alpha value is -1.61. The van der Waals surface area contributed by atoms with Crippen molar-refractivity contribution in [1.82, 2.24) is 0 Å². The van der Waals surface area contributed by atoms with Crippen LogP contribution in [0.2, 0.25) is 0 Å². The average molecular weight is 304 g/mol. The number of halogens is 1. The van der Waals surface area contributed by atoms with E-state index in [1.54, 1.807) is 0 Å². The van der Waals surface area contributed by atoms with Crippen LogP contribution < -0.4 is 4.90 Å². The Kier molecular flexibility index (Phi) is 4.15. The van der Waals surface area contributed by atoms with Gasteiger partial charge in [0.1, 0.15) is 0 Å². The van der Waals surface area contributed by atoms with E-state index in [0.717, 1.165) is 15.7 Å². The Morgan fingerprint density at radius 1 is 1.06 bits per heavy atom. The van der Waals surface area contributed by atoms with Gasteiger partial charge >= 0.3 is 0 Å². The molecule has 0 spiro atoms. The lowest BCUT2D eigenvalue weighted by Crippen LogP contribution is -2.25. The van der Waals surface area contributed by atoms with Gasteiger partial charge in [0, 0.05) is 22.8 Å². The summed E-state index contributed by atoms with van der Waals surface area (Å²) in [5, 5.41) is 0. The number of anilines is 1. The van der Waals surface area contributed by atoms with Gasteiger partial charge in [0.2, 0.25) is 0 Å². The second-order valence-electron chi connectivity index (χ2n) is 4.09. The van der Waals surface area contributed by atoms with Crippen LogP contribution in [0.4, 0.5) is 5.69 Å². The van der Waals surface area contributed by atoms with E-state index in [2.05, 4.69) is 15.9 Å². The van der Waals surface area contributed by atoms with Crippen molar-refractivity contribution in [2.75, 3.05) is 18.5 Å². The van der Waals surface area contributed by atoms with E-state index in [-0.39, 0.29) is 5.78 Å². The normalized spacial score (nSPS) is 10.1. The molecule has 0 fully saturated rings. The topological polar surface area (TPSA) is 20.3 Å². The molecule has 18 heavy (non-hydrogen) atoms. The van der Waals surface area contributed by atoms with Gasteiger partial charge in [-0.15, -0.1) is 0 Å². The third-order valence-electron chi connectivity index (χ3n) is 2.75. The first kappa shape index (κ1) is 12.8. The van der Waals surface area contributed by atoms with Crippen molar-refractivity contribution >= 4 is 27.4 Å². The third-order valence-corrected chi connectivity index (χ3v) is 3.44. The molecule has 0 saturated heterocycles. The second kappa shape index (κ2) is 5.83. The number of para-hydroxylation sites is 1. The molecule has 0 aliphatic heterocycles. The molecule has 0 atom stereocenters. The Balaban J connectivity index is 2.11. The maximum atomic E-state index is 12.2. The summed E-state index contributed by atoms with van der Waals surface area (Å²) in [4.78, 5) is 14.1. The number of carbonyl (C=O) groups excluding carboxylic acids is 1. The van der Waals surface area contributed by atoms with Gasteiger partial charge in [0.05, 0.1) is 6.54 Å². The monoisotopic (exact) mass is 303 g/mol. The fourth-order valence-corrected chi connectivity index (χ4v) is 2.27. The summed E-state index contributed by atoms with van der Waals surface area (Å²) in [6.45, 7) is 0.368. The molecule has 0 aliphatic carbocycles. The minimum absolute atomic E-state index is 0.105. The van der Waals surface area contributed by atoms with Crippen molar-refractivity contribution < 1.29 is 4.79 Å². The molecule has 0 amide bonds. The van der Waals surface area contributed by atoms with Gasteiger partial charge in [-0.05, 0) is 18.2 Å². The predicted molar refractivity (Wildman–Crippen MR) is 78.2 cm³/mol. The first-order chi connectivity index (χ1) is 8.68. The molecule has 2 aromatic rings. The van der Waals surface area contributed by atoms with Crippen molar-refractivity contribution in [3.05, 3.63) is 64.6 Å². The lowest BCUT2D eigenvalue weighted by Gasteiger charge is -2.18. The fraction of sp³-hybridized carbons (Fsp3) is 0.133. The van der Waals surface area contributed by atoms with Crippen LogP contribution in [0.1, 0.15) is 10.4 Å². The predicted octanol–water partition coefficient (Wildman–Crippen LogP) is 3.77. The molecular formula is C15H14BrNO. The van der Waals surface area contributed by atoms with Crippen LogP contribution in [-0.4, -0.2) is 19.4 Å². The highest BCUT2D eigenvalue weighted by Gasteiger charge is 2.12. The first-order valence-corrected chi connectivity index (χ1v) is 6.51. The summed E-state index contributed by atoms with van der Waals surface area (Å²) in [6.07, 6.45) is 0. The minimum Gasteiger partial charge on any atom is -0.367 e. The molecule has 0 N–H and O–H groups in total. The Morgan fingerprint density at radius 3 is 2.33 bits per heavy atom. The van der Waals surface area contributed by atoms with E-state index >= 15 is 0 Å². The number of ketones is 1. The van der Waals surface area contributed by atoms with Gasteiger partial charge in [-0.25, -0.2) is 0 Å². The molecule has 2 rings (SSSR count). The zero-order valence-electron chi connectivity index (χ0n) is 10.1. The number of carbonyl (C=O) groups is 1. The van der Waals surface area contributed by atoms with Crippen LogP contribution in [0.3, 0.4) is 0 Å². The van der Waals surface area contributed by atoms with E-state index in [1.807, 2.05) is 66.5 Å². The maximum absolute atomic E-state index is 12.2. The maximum Gasteiger partial charge on any atom is 0.183 e. The lowest BCUT2D eigenvalue weighted by atomic mass is 10.1. The summed E-state index contributed by atoms with van der Waals surface area (Å²) in [6, 6.07) is 17.4. The zero-order valence-corrected chi connectivity index (χ0v) is 11.7. The molecule has 2 aromatic carbocycles. The van der Waals surface area contributed by atoms with Gasteiger partial charge in [-0.2, -0.15) is 0 Å². The lowest BCUT2D eigenvalue weighted by molar-refractivity contribution is 0.0999. The molecule has 0 bridgehead atoms. The molecule has 0 aromatic heterocycles. The van der Waals surface area contributed by atoms with Crippen molar-refractivity contribution in [3.8, 4) is 0 Å². The average Bonchev–Trinajstić information content (AvgIpc) is 2.40. The SMILES string of the molecule is CN(CC(=O)c1ccccc1Br)c1ccccc1. The van der Waals surface area contributed by atoms with Gasteiger partial charge in [-0.1, -0.05) is 52.3 Å². The van der Waals surface area contributed by atoms with Gasteiger partial charge in [-0.3, -0.25) is 4.79 Å². The summed E-state index contributed by atoms with van der Waals surface area (Å²) in [5.74, 6) is 0.105. The van der Waals surface area contributed by atoms with E-state index in [1.165, 1.54) is 0 Å².